The zero-order valence-electron chi connectivity index (χ0n) is 8.40. The molecule has 0 spiro atoms. The minimum Gasteiger partial charge on any atom is -0.325 e. The lowest BCUT2D eigenvalue weighted by molar-refractivity contribution is 0.167. The lowest BCUT2D eigenvalue weighted by atomic mass is 9.70. The molecule has 0 saturated heterocycles. The molecule has 2 N–H and O–H groups in total. The van der Waals surface area contributed by atoms with E-state index in [2.05, 4.69) is 13.8 Å². The van der Waals surface area contributed by atoms with E-state index in [1.54, 1.807) is 0 Å². The predicted octanol–water partition coefficient (Wildman–Crippen LogP) is 2.69. The Kier molecular flexibility index (Phi) is 1.76. The van der Waals surface area contributed by atoms with Crippen molar-refractivity contribution in [1.82, 2.24) is 0 Å². The number of nitrogens with two attached hydrogens (primary N) is 1. The molecule has 70 valence electrons. The second-order valence-electron chi connectivity index (χ2n) is 5.67. The fourth-order valence-electron chi connectivity index (χ4n) is 2.53. The zero-order chi connectivity index (χ0) is 8.82. The number of hydrogen-bond donors (Lipinski definition) is 1. The second-order valence-corrected chi connectivity index (χ2v) is 5.67. The molecule has 0 amide bonds. The van der Waals surface area contributed by atoms with Crippen LogP contribution in [0, 0.1) is 11.3 Å². The lowest BCUT2D eigenvalue weighted by Gasteiger charge is -2.37. The van der Waals surface area contributed by atoms with Gasteiger partial charge in [0.1, 0.15) is 0 Å². The third-order valence-electron chi connectivity index (χ3n) is 3.98. The van der Waals surface area contributed by atoms with Gasteiger partial charge in [-0.25, -0.2) is 0 Å². The van der Waals surface area contributed by atoms with Gasteiger partial charge < -0.3 is 5.73 Å². The molecular formula is C11H21N. The monoisotopic (exact) mass is 167 g/mol. The molecule has 2 fully saturated rings. The Bertz CT molecular complexity index is 169. The Morgan fingerprint density at radius 3 is 1.92 bits per heavy atom. The maximum atomic E-state index is 6.21. The molecule has 2 aliphatic rings. The van der Waals surface area contributed by atoms with Gasteiger partial charge in [0.15, 0.2) is 0 Å². The molecular weight excluding hydrogens is 146 g/mol. The third-order valence-corrected chi connectivity index (χ3v) is 3.98. The average Bonchev–Trinajstić information content (AvgIpc) is 2.68. The standard InChI is InChI=1S/C11H21N/c1-10(2)5-3-9(4-6-10)11(12)7-8-11/h9H,3-8,12H2,1-2H3. The fourth-order valence-corrected chi connectivity index (χ4v) is 2.53. The minimum atomic E-state index is 0.288. The first-order chi connectivity index (χ1) is 5.52. The van der Waals surface area contributed by atoms with E-state index < -0.39 is 0 Å². The Morgan fingerprint density at radius 1 is 1.00 bits per heavy atom. The van der Waals surface area contributed by atoms with E-state index in [1.807, 2.05) is 0 Å². The SMILES string of the molecule is CC1(C)CCC(C2(N)CC2)CC1. The summed E-state index contributed by atoms with van der Waals surface area (Å²) in [6.07, 6.45) is 8.11. The highest BCUT2D eigenvalue weighted by atomic mass is 14.8. The van der Waals surface area contributed by atoms with Gasteiger partial charge in [0.05, 0.1) is 0 Å². The summed E-state index contributed by atoms with van der Waals surface area (Å²) in [6, 6.07) is 0. The van der Waals surface area contributed by atoms with Crippen LogP contribution in [0.2, 0.25) is 0 Å². The van der Waals surface area contributed by atoms with E-state index >= 15 is 0 Å². The summed E-state index contributed by atoms with van der Waals surface area (Å²) in [4.78, 5) is 0. The maximum Gasteiger partial charge on any atom is 0.0184 e. The van der Waals surface area contributed by atoms with Crippen molar-refractivity contribution in [3.8, 4) is 0 Å². The average molecular weight is 167 g/mol. The molecule has 0 bridgehead atoms. The molecule has 12 heavy (non-hydrogen) atoms. The molecule has 2 rings (SSSR count). The van der Waals surface area contributed by atoms with Gasteiger partial charge in [0.2, 0.25) is 0 Å². The summed E-state index contributed by atoms with van der Waals surface area (Å²) in [6.45, 7) is 4.78. The van der Waals surface area contributed by atoms with Gasteiger partial charge in [-0.3, -0.25) is 0 Å². The summed E-state index contributed by atoms with van der Waals surface area (Å²) in [5, 5.41) is 0. The first-order valence-electron chi connectivity index (χ1n) is 5.31. The van der Waals surface area contributed by atoms with E-state index in [1.165, 1.54) is 38.5 Å². The van der Waals surface area contributed by atoms with E-state index in [-0.39, 0.29) is 5.54 Å². The van der Waals surface area contributed by atoms with Crippen molar-refractivity contribution in [2.45, 2.75) is 57.9 Å². The van der Waals surface area contributed by atoms with Crippen molar-refractivity contribution < 1.29 is 0 Å². The first-order valence-corrected chi connectivity index (χ1v) is 5.31. The summed E-state index contributed by atoms with van der Waals surface area (Å²) < 4.78 is 0. The summed E-state index contributed by atoms with van der Waals surface area (Å²) >= 11 is 0. The van der Waals surface area contributed by atoms with Gasteiger partial charge in [-0.2, -0.15) is 0 Å². The summed E-state index contributed by atoms with van der Waals surface area (Å²) in [5.74, 6) is 0.852. The number of rotatable bonds is 1. The Morgan fingerprint density at radius 2 is 1.50 bits per heavy atom. The Balaban J connectivity index is 1.90. The molecule has 0 unspecified atom stereocenters. The van der Waals surface area contributed by atoms with Crippen LogP contribution in [-0.4, -0.2) is 5.54 Å². The molecule has 2 aliphatic carbocycles. The summed E-state index contributed by atoms with van der Waals surface area (Å²) in [7, 11) is 0. The highest BCUT2D eigenvalue weighted by molar-refractivity contribution is 5.05. The molecule has 1 nitrogen and oxygen atoms in total. The lowest BCUT2D eigenvalue weighted by Crippen LogP contribution is -2.36. The molecule has 0 radical (unpaired) electrons. The van der Waals surface area contributed by atoms with Crippen LogP contribution < -0.4 is 5.73 Å². The molecule has 0 aliphatic heterocycles. The molecule has 0 heterocycles. The van der Waals surface area contributed by atoms with Crippen molar-refractivity contribution in [3.05, 3.63) is 0 Å². The van der Waals surface area contributed by atoms with Crippen molar-refractivity contribution in [1.29, 1.82) is 0 Å². The first kappa shape index (κ1) is 8.55. The van der Waals surface area contributed by atoms with E-state index in [0.717, 1.165) is 5.92 Å². The molecule has 0 aromatic rings. The van der Waals surface area contributed by atoms with E-state index in [9.17, 15) is 0 Å². The van der Waals surface area contributed by atoms with Gasteiger partial charge in [-0.05, 0) is 49.9 Å². The van der Waals surface area contributed by atoms with Crippen molar-refractivity contribution in [2.24, 2.45) is 17.1 Å². The van der Waals surface area contributed by atoms with E-state index in [0.29, 0.717) is 5.41 Å². The highest BCUT2D eigenvalue weighted by Gasteiger charge is 2.47. The zero-order valence-corrected chi connectivity index (χ0v) is 8.40. The minimum absolute atomic E-state index is 0.288. The van der Waals surface area contributed by atoms with Gasteiger partial charge in [0.25, 0.3) is 0 Å². The Hall–Kier alpha value is -0.0400. The molecule has 2 saturated carbocycles. The van der Waals surface area contributed by atoms with Crippen LogP contribution >= 0.6 is 0 Å². The van der Waals surface area contributed by atoms with Crippen LogP contribution in [0.4, 0.5) is 0 Å². The van der Waals surface area contributed by atoms with Crippen LogP contribution in [0.3, 0.4) is 0 Å². The van der Waals surface area contributed by atoms with Gasteiger partial charge in [-0.1, -0.05) is 13.8 Å². The highest BCUT2D eigenvalue weighted by Crippen LogP contribution is 2.49. The Labute approximate surface area is 75.7 Å². The van der Waals surface area contributed by atoms with Crippen LogP contribution in [0.25, 0.3) is 0 Å². The molecule has 0 aromatic carbocycles. The largest absolute Gasteiger partial charge is 0.325 e. The molecule has 0 atom stereocenters. The number of hydrogen-bond acceptors (Lipinski definition) is 1. The third kappa shape index (κ3) is 1.52. The molecule has 0 aromatic heterocycles. The van der Waals surface area contributed by atoms with Crippen LogP contribution in [-0.2, 0) is 0 Å². The topological polar surface area (TPSA) is 26.0 Å². The normalized spacial score (nSPS) is 33.2. The maximum absolute atomic E-state index is 6.21. The van der Waals surface area contributed by atoms with Crippen molar-refractivity contribution in [2.75, 3.05) is 0 Å². The molecule has 1 heteroatoms. The smallest absolute Gasteiger partial charge is 0.0184 e. The van der Waals surface area contributed by atoms with Gasteiger partial charge >= 0.3 is 0 Å². The van der Waals surface area contributed by atoms with Crippen molar-refractivity contribution >= 4 is 0 Å². The van der Waals surface area contributed by atoms with Crippen LogP contribution in [0.15, 0.2) is 0 Å². The van der Waals surface area contributed by atoms with Crippen LogP contribution in [0.5, 0.6) is 0 Å². The van der Waals surface area contributed by atoms with E-state index in [4.69, 9.17) is 5.73 Å². The second kappa shape index (κ2) is 2.47. The van der Waals surface area contributed by atoms with Gasteiger partial charge in [0, 0.05) is 5.54 Å². The van der Waals surface area contributed by atoms with Crippen molar-refractivity contribution in [3.63, 3.8) is 0 Å². The predicted molar refractivity (Wildman–Crippen MR) is 51.9 cm³/mol. The van der Waals surface area contributed by atoms with Gasteiger partial charge in [-0.15, -0.1) is 0 Å². The van der Waals surface area contributed by atoms with Crippen LogP contribution in [0.1, 0.15) is 52.4 Å². The fraction of sp³-hybridized carbons (Fsp3) is 1.00. The summed E-state index contributed by atoms with van der Waals surface area (Å²) in [5.41, 5.74) is 7.10. The quantitative estimate of drug-likeness (QED) is 0.638.